The molecule has 3 fully saturated rings. The van der Waals surface area contributed by atoms with E-state index in [9.17, 15) is 26.4 Å². The molecule has 2 aromatic rings. The summed E-state index contributed by atoms with van der Waals surface area (Å²) in [4.78, 5) is 32.4. The maximum atomic E-state index is 13.4. The summed E-state index contributed by atoms with van der Waals surface area (Å²) in [6.45, 7) is 7.10. The molecule has 1 N–H and O–H groups in total. The van der Waals surface area contributed by atoms with E-state index in [1.54, 1.807) is 30.3 Å². The average molecular weight is 699 g/mol. The summed E-state index contributed by atoms with van der Waals surface area (Å²) in [5.74, 6) is -0.521. The summed E-state index contributed by atoms with van der Waals surface area (Å²) < 4.78 is 56.5. The minimum absolute atomic E-state index is 0.00322. The standard InChI is InChI=1S/C29H40BrN5O6S2/c1-21(2)43(40,41)34-15-13-32(14-16-34)19-25-5-3-12-35(25)28(36)20-33-11-4-6-27(29(33)37)31-42(38,39)26-10-8-22-17-24(30)9-7-23(22)18-26/h7-10,17-18,21,25,27,31H,3-6,11-16,19-20H2,1-2H3/t25-,27-/m0/s1. The van der Waals surface area contributed by atoms with Gasteiger partial charge < -0.3 is 9.80 Å². The second kappa shape index (κ2) is 13.1. The van der Waals surface area contributed by atoms with Crippen molar-refractivity contribution in [1.82, 2.24) is 23.7 Å². The van der Waals surface area contributed by atoms with Gasteiger partial charge in [-0.25, -0.2) is 16.8 Å². The predicted molar refractivity (Wildman–Crippen MR) is 168 cm³/mol. The Morgan fingerprint density at radius 2 is 1.60 bits per heavy atom. The van der Waals surface area contributed by atoms with Gasteiger partial charge in [0.15, 0.2) is 0 Å². The van der Waals surface area contributed by atoms with E-state index in [1.807, 2.05) is 23.1 Å². The number of hydrogen-bond acceptors (Lipinski definition) is 7. The van der Waals surface area contributed by atoms with Crippen LogP contribution in [0, 0.1) is 0 Å². The number of fused-ring (bicyclic) bond motifs is 1. The number of nitrogens with zero attached hydrogens (tertiary/aromatic N) is 4. The molecule has 236 valence electrons. The van der Waals surface area contributed by atoms with Gasteiger partial charge in [-0.05, 0) is 74.6 Å². The van der Waals surface area contributed by atoms with E-state index >= 15 is 0 Å². The fourth-order valence-electron chi connectivity index (χ4n) is 6.19. The molecule has 0 spiro atoms. The van der Waals surface area contributed by atoms with Crippen LogP contribution in [-0.2, 0) is 29.6 Å². The summed E-state index contributed by atoms with van der Waals surface area (Å²) in [5, 5.41) is 1.22. The molecule has 5 rings (SSSR count). The number of carbonyl (C=O) groups is 2. The van der Waals surface area contributed by atoms with Crippen LogP contribution in [0.4, 0.5) is 0 Å². The molecule has 43 heavy (non-hydrogen) atoms. The van der Waals surface area contributed by atoms with E-state index in [4.69, 9.17) is 0 Å². The number of nitrogens with one attached hydrogen (secondary N) is 1. The molecular formula is C29H40BrN5O6S2. The number of amides is 2. The lowest BCUT2D eigenvalue weighted by atomic mass is 10.1. The molecule has 14 heteroatoms. The van der Waals surface area contributed by atoms with Crippen LogP contribution in [0.3, 0.4) is 0 Å². The molecule has 2 aromatic carbocycles. The van der Waals surface area contributed by atoms with Gasteiger partial charge in [-0.3, -0.25) is 14.5 Å². The SMILES string of the molecule is CC(C)S(=O)(=O)N1CCN(C[C@@H]2CCCN2C(=O)CN2CCC[C@H](NS(=O)(=O)c3ccc4cc(Br)ccc4c3)C2=O)CC1. The van der Waals surface area contributed by atoms with Crippen LogP contribution < -0.4 is 4.72 Å². The molecule has 0 aliphatic carbocycles. The zero-order chi connectivity index (χ0) is 30.9. The van der Waals surface area contributed by atoms with Crippen LogP contribution in [0.5, 0.6) is 0 Å². The first-order valence-corrected chi connectivity index (χ1v) is 18.6. The highest BCUT2D eigenvalue weighted by Gasteiger charge is 2.37. The van der Waals surface area contributed by atoms with Gasteiger partial charge in [-0.15, -0.1) is 0 Å². The molecule has 3 saturated heterocycles. The third kappa shape index (κ3) is 7.25. The topological polar surface area (TPSA) is 127 Å². The minimum atomic E-state index is -3.96. The van der Waals surface area contributed by atoms with Crippen LogP contribution in [0.15, 0.2) is 45.8 Å². The van der Waals surface area contributed by atoms with Crippen LogP contribution >= 0.6 is 15.9 Å². The van der Waals surface area contributed by atoms with Crippen molar-refractivity contribution < 1.29 is 26.4 Å². The van der Waals surface area contributed by atoms with Crippen molar-refractivity contribution in [3.63, 3.8) is 0 Å². The maximum absolute atomic E-state index is 13.4. The summed E-state index contributed by atoms with van der Waals surface area (Å²) in [7, 11) is -7.23. The molecular weight excluding hydrogens is 658 g/mol. The Kier molecular flexibility index (Phi) is 9.84. The van der Waals surface area contributed by atoms with Gasteiger partial charge in [0, 0.05) is 56.3 Å². The number of piperazine rings is 1. The van der Waals surface area contributed by atoms with Crippen molar-refractivity contribution in [3.05, 3.63) is 40.9 Å². The van der Waals surface area contributed by atoms with Gasteiger partial charge in [0.1, 0.15) is 6.04 Å². The van der Waals surface area contributed by atoms with Gasteiger partial charge in [0.2, 0.25) is 31.9 Å². The second-order valence-electron chi connectivity index (χ2n) is 11.9. The Labute approximate surface area is 262 Å². The first-order chi connectivity index (χ1) is 20.3. The smallest absolute Gasteiger partial charge is 0.242 e. The van der Waals surface area contributed by atoms with Crippen molar-refractivity contribution in [2.75, 3.05) is 52.4 Å². The summed E-state index contributed by atoms with van der Waals surface area (Å²) in [6.07, 6.45) is 2.69. The fraction of sp³-hybridized carbons (Fsp3) is 0.586. The van der Waals surface area contributed by atoms with E-state index in [0.717, 1.165) is 28.1 Å². The monoisotopic (exact) mass is 697 g/mol. The number of rotatable bonds is 9. The molecule has 0 saturated carbocycles. The maximum Gasteiger partial charge on any atom is 0.242 e. The Morgan fingerprint density at radius 1 is 0.930 bits per heavy atom. The summed E-state index contributed by atoms with van der Waals surface area (Å²) in [5.41, 5.74) is 0. The zero-order valence-corrected chi connectivity index (χ0v) is 27.8. The molecule has 0 radical (unpaired) electrons. The van der Waals surface area contributed by atoms with Gasteiger partial charge in [-0.1, -0.05) is 28.1 Å². The van der Waals surface area contributed by atoms with Gasteiger partial charge in [0.05, 0.1) is 16.7 Å². The highest BCUT2D eigenvalue weighted by molar-refractivity contribution is 9.10. The number of benzene rings is 2. The third-order valence-corrected chi connectivity index (χ3v) is 12.9. The number of halogens is 1. The fourth-order valence-corrected chi connectivity index (χ4v) is 9.10. The van der Waals surface area contributed by atoms with Crippen LogP contribution in [-0.4, -0.2) is 117 Å². The van der Waals surface area contributed by atoms with E-state index in [0.29, 0.717) is 58.7 Å². The molecule has 11 nitrogen and oxygen atoms in total. The van der Waals surface area contributed by atoms with Crippen molar-refractivity contribution in [1.29, 1.82) is 0 Å². The van der Waals surface area contributed by atoms with Crippen molar-refractivity contribution in [2.45, 2.75) is 61.8 Å². The molecule has 0 bridgehead atoms. The van der Waals surface area contributed by atoms with Crippen LogP contribution in [0.25, 0.3) is 10.8 Å². The van der Waals surface area contributed by atoms with E-state index < -0.39 is 31.3 Å². The molecule has 0 aromatic heterocycles. The van der Waals surface area contributed by atoms with Crippen molar-refractivity contribution >= 4 is 58.6 Å². The average Bonchev–Trinajstić information content (AvgIpc) is 3.43. The Morgan fingerprint density at radius 3 is 2.33 bits per heavy atom. The normalized spacial score (nSPS) is 23.0. The van der Waals surface area contributed by atoms with Gasteiger partial charge >= 0.3 is 0 Å². The second-order valence-corrected chi connectivity index (χ2v) is 17.0. The Hall–Kier alpha value is -2.10. The van der Waals surface area contributed by atoms with Crippen molar-refractivity contribution in [3.8, 4) is 0 Å². The Balaban J connectivity index is 1.17. The highest BCUT2D eigenvalue weighted by atomic mass is 79.9. The van der Waals surface area contributed by atoms with Gasteiger partial charge in [-0.2, -0.15) is 9.03 Å². The molecule has 2 atom stereocenters. The first kappa shape index (κ1) is 32.3. The molecule has 3 heterocycles. The lowest BCUT2D eigenvalue weighted by molar-refractivity contribution is -0.143. The number of hydrogen-bond donors (Lipinski definition) is 1. The minimum Gasteiger partial charge on any atom is -0.337 e. The number of likely N-dealkylation sites (tertiary alicyclic amines) is 2. The van der Waals surface area contributed by atoms with E-state index in [1.165, 1.54) is 11.0 Å². The molecule has 3 aliphatic heterocycles. The lowest BCUT2D eigenvalue weighted by Gasteiger charge is -2.38. The molecule has 0 unspecified atom stereocenters. The molecule has 3 aliphatic rings. The lowest BCUT2D eigenvalue weighted by Crippen LogP contribution is -2.56. The first-order valence-electron chi connectivity index (χ1n) is 14.9. The van der Waals surface area contributed by atoms with Crippen molar-refractivity contribution in [2.24, 2.45) is 0 Å². The summed E-state index contributed by atoms with van der Waals surface area (Å²) in [6, 6.07) is 9.52. The zero-order valence-electron chi connectivity index (χ0n) is 24.6. The highest BCUT2D eigenvalue weighted by Crippen LogP contribution is 2.25. The van der Waals surface area contributed by atoms with Crippen LogP contribution in [0.1, 0.15) is 39.5 Å². The predicted octanol–water partition coefficient (Wildman–Crippen LogP) is 2.22. The number of carbonyl (C=O) groups excluding carboxylic acids is 2. The number of piperidine rings is 1. The largest absolute Gasteiger partial charge is 0.337 e. The van der Waals surface area contributed by atoms with E-state index in [2.05, 4.69) is 25.6 Å². The van der Waals surface area contributed by atoms with Crippen LogP contribution in [0.2, 0.25) is 0 Å². The summed E-state index contributed by atoms with van der Waals surface area (Å²) >= 11 is 3.42. The quantitative estimate of drug-likeness (QED) is 0.426. The third-order valence-electron chi connectivity index (χ3n) is 8.69. The Bertz CT molecular complexity index is 1580. The molecule has 2 amide bonds. The van der Waals surface area contributed by atoms with E-state index in [-0.39, 0.29) is 29.3 Å². The van der Waals surface area contributed by atoms with Gasteiger partial charge in [0.25, 0.3) is 0 Å². The number of sulfonamides is 2.